The maximum absolute atomic E-state index is 11.9. The summed E-state index contributed by atoms with van der Waals surface area (Å²) in [5.41, 5.74) is 1.70. The molecule has 0 aromatic heterocycles. The fourth-order valence-electron chi connectivity index (χ4n) is 1.62. The van der Waals surface area contributed by atoms with E-state index in [0.717, 1.165) is 25.1 Å². The van der Waals surface area contributed by atoms with Crippen LogP contribution in [0, 0.1) is 0 Å². The summed E-state index contributed by atoms with van der Waals surface area (Å²) in [6.45, 7) is 7.59. The van der Waals surface area contributed by atoms with Gasteiger partial charge in [-0.05, 0) is 32.3 Å². The Morgan fingerprint density at radius 3 is 2.56 bits per heavy atom. The van der Waals surface area contributed by atoms with Crippen molar-refractivity contribution >= 4 is 5.91 Å². The first-order valence-corrected chi connectivity index (χ1v) is 5.85. The maximum Gasteiger partial charge on any atom is 0.247 e. The number of carbonyl (C=O) groups excluding carboxylic acids is 1. The van der Waals surface area contributed by atoms with Crippen molar-refractivity contribution in [1.29, 1.82) is 0 Å². The zero-order valence-electron chi connectivity index (χ0n) is 10.4. The van der Waals surface area contributed by atoms with Gasteiger partial charge in [0.2, 0.25) is 5.91 Å². The van der Waals surface area contributed by atoms with Gasteiger partial charge in [-0.3, -0.25) is 4.79 Å². The van der Waals surface area contributed by atoms with Gasteiger partial charge in [0.05, 0.1) is 0 Å². The highest BCUT2D eigenvalue weighted by Gasteiger charge is 2.25. The number of hydrogen-bond acceptors (Lipinski definition) is 3. The molecule has 1 unspecified atom stereocenters. The van der Waals surface area contributed by atoms with E-state index in [1.165, 1.54) is 5.57 Å². The molecule has 1 rings (SSSR count). The standard InChI is InChI=1S/C12H22N2O2/c1-4-12(3,5-6-15)14-11(16)9(2)10-7-13-8-10/h13,15H,4-8H2,1-3H3,(H,14,16). The Kier molecular flexibility index (Phi) is 4.50. The highest BCUT2D eigenvalue weighted by molar-refractivity contribution is 5.94. The number of aliphatic hydroxyl groups excluding tert-OH is 1. The largest absolute Gasteiger partial charge is 0.396 e. The molecule has 1 amide bonds. The molecule has 1 saturated heterocycles. The summed E-state index contributed by atoms with van der Waals surface area (Å²) in [7, 11) is 0. The molecule has 1 fully saturated rings. The molecule has 0 aliphatic carbocycles. The fraction of sp³-hybridized carbons (Fsp3) is 0.750. The number of aliphatic hydroxyl groups is 1. The van der Waals surface area contributed by atoms with E-state index in [0.29, 0.717) is 6.42 Å². The normalized spacial score (nSPS) is 18.6. The minimum absolute atomic E-state index is 0.00528. The number of nitrogens with one attached hydrogen (secondary N) is 2. The van der Waals surface area contributed by atoms with Crippen LogP contribution in [0.5, 0.6) is 0 Å². The molecule has 0 bridgehead atoms. The van der Waals surface area contributed by atoms with Crippen molar-refractivity contribution in [3.05, 3.63) is 11.1 Å². The third-order valence-electron chi connectivity index (χ3n) is 3.41. The van der Waals surface area contributed by atoms with Gasteiger partial charge in [0.15, 0.2) is 0 Å². The predicted octanol–water partition coefficient (Wildman–Crippen LogP) is 0.573. The summed E-state index contributed by atoms with van der Waals surface area (Å²) in [4.78, 5) is 11.9. The monoisotopic (exact) mass is 226 g/mol. The first-order valence-electron chi connectivity index (χ1n) is 5.85. The summed E-state index contributed by atoms with van der Waals surface area (Å²) in [5, 5.41) is 15.1. The molecule has 1 aliphatic heterocycles. The molecule has 0 saturated carbocycles. The Bertz CT molecular complexity index is 293. The van der Waals surface area contributed by atoms with Crippen LogP contribution in [0.2, 0.25) is 0 Å². The Morgan fingerprint density at radius 1 is 1.56 bits per heavy atom. The quantitative estimate of drug-likeness (QED) is 0.601. The molecule has 0 aromatic carbocycles. The minimum atomic E-state index is -0.301. The Hall–Kier alpha value is -0.870. The van der Waals surface area contributed by atoms with Crippen molar-refractivity contribution in [1.82, 2.24) is 10.6 Å². The average Bonchev–Trinajstić information content (AvgIpc) is 2.15. The lowest BCUT2D eigenvalue weighted by Gasteiger charge is -2.30. The molecule has 92 valence electrons. The van der Waals surface area contributed by atoms with Crippen molar-refractivity contribution in [3.8, 4) is 0 Å². The van der Waals surface area contributed by atoms with Crippen molar-refractivity contribution < 1.29 is 9.90 Å². The van der Waals surface area contributed by atoms with Gasteiger partial charge in [-0.15, -0.1) is 0 Å². The Labute approximate surface area is 97.1 Å². The van der Waals surface area contributed by atoms with E-state index in [1.807, 2.05) is 20.8 Å². The van der Waals surface area contributed by atoms with Crippen LogP contribution in [0.25, 0.3) is 0 Å². The average molecular weight is 226 g/mol. The molecule has 1 atom stereocenters. The van der Waals surface area contributed by atoms with Gasteiger partial charge in [-0.25, -0.2) is 0 Å². The number of rotatable bonds is 5. The van der Waals surface area contributed by atoms with E-state index in [1.54, 1.807) is 0 Å². The third kappa shape index (κ3) is 3.06. The molecule has 0 aromatic rings. The zero-order chi connectivity index (χ0) is 12.2. The third-order valence-corrected chi connectivity index (χ3v) is 3.41. The summed E-state index contributed by atoms with van der Waals surface area (Å²) < 4.78 is 0. The van der Waals surface area contributed by atoms with E-state index >= 15 is 0 Å². The van der Waals surface area contributed by atoms with Crippen LogP contribution in [-0.4, -0.2) is 36.2 Å². The number of amides is 1. The lowest BCUT2D eigenvalue weighted by atomic mass is 9.93. The first kappa shape index (κ1) is 13.2. The topological polar surface area (TPSA) is 61.4 Å². The van der Waals surface area contributed by atoms with Gasteiger partial charge in [-0.2, -0.15) is 0 Å². The van der Waals surface area contributed by atoms with Gasteiger partial charge in [0, 0.05) is 30.8 Å². The van der Waals surface area contributed by atoms with Crippen molar-refractivity contribution in [2.24, 2.45) is 0 Å². The molecule has 0 radical (unpaired) electrons. The zero-order valence-corrected chi connectivity index (χ0v) is 10.4. The second-order valence-corrected chi connectivity index (χ2v) is 4.67. The van der Waals surface area contributed by atoms with E-state index in [4.69, 9.17) is 5.11 Å². The van der Waals surface area contributed by atoms with E-state index in [-0.39, 0.29) is 18.1 Å². The van der Waals surface area contributed by atoms with E-state index in [9.17, 15) is 4.79 Å². The Morgan fingerprint density at radius 2 is 2.19 bits per heavy atom. The lowest BCUT2D eigenvalue weighted by molar-refractivity contribution is -0.119. The molecule has 4 heteroatoms. The minimum Gasteiger partial charge on any atom is -0.396 e. The Balaban J connectivity index is 2.61. The molecule has 1 heterocycles. The molecule has 0 spiro atoms. The van der Waals surface area contributed by atoms with E-state index < -0.39 is 0 Å². The van der Waals surface area contributed by atoms with Gasteiger partial charge >= 0.3 is 0 Å². The maximum atomic E-state index is 11.9. The van der Waals surface area contributed by atoms with Crippen molar-refractivity contribution in [2.45, 2.75) is 39.2 Å². The predicted molar refractivity (Wildman–Crippen MR) is 64.1 cm³/mol. The summed E-state index contributed by atoms with van der Waals surface area (Å²) in [5.74, 6) is -0.00528. The summed E-state index contributed by atoms with van der Waals surface area (Å²) >= 11 is 0. The SMILES string of the molecule is CCC(C)(CCO)NC(=O)C(C)=C1CNC1. The van der Waals surface area contributed by atoms with Crippen LogP contribution >= 0.6 is 0 Å². The molecule has 3 N–H and O–H groups in total. The van der Waals surface area contributed by atoms with Crippen molar-refractivity contribution in [2.75, 3.05) is 19.7 Å². The van der Waals surface area contributed by atoms with Crippen LogP contribution < -0.4 is 10.6 Å². The molecule has 16 heavy (non-hydrogen) atoms. The van der Waals surface area contributed by atoms with Gasteiger partial charge < -0.3 is 15.7 Å². The lowest BCUT2D eigenvalue weighted by Crippen LogP contribution is -2.47. The van der Waals surface area contributed by atoms with Gasteiger partial charge in [0.25, 0.3) is 0 Å². The second kappa shape index (κ2) is 5.46. The van der Waals surface area contributed by atoms with Crippen LogP contribution in [0.15, 0.2) is 11.1 Å². The highest BCUT2D eigenvalue weighted by Crippen LogP contribution is 2.16. The second-order valence-electron chi connectivity index (χ2n) is 4.67. The summed E-state index contributed by atoms with van der Waals surface area (Å²) in [6.07, 6.45) is 1.41. The van der Waals surface area contributed by atoms with E-state index in [2.05, 4.69) is 10.6 Å². The molecule has 1 aliphatic rings. The number of hydrogen-bond donors (Lipinski definition) is 3. The number of carbonyl (C=O) groups is 1. The van der Waals surface area contributed by atoms with Gasteiger partial charge in [0.1, 0.15) is 0 Å². The first-order chi connectivity index (χ1) is 7.52. The van der Waals surface area contributed by atoms with Crippen LogP contribution in [0.1, 0.15) is 33.6 Å². The van der Waals surface area contributed by atoms with Crippen molar-refractivity contribution in [3.63, 3.8) is 0 Å². The van der Waals surface area contributed by atoms with Crippen LogP contribution in [0.3, 0.4) is 0 Å². The summed E-state index contributed by atoms with van der Waals surface area (Å²) in [6, 6.07) is 0. The van der Waals surface area contributed by atoms with Gasteiger partial charge in [-0.1, -0.05) is 6.92 Å². The van der Waals surface area contributed by atoms with Crippen LogP contribution in [0.4, 0.5) is 0 Å². The molecule has 4 nitrogen and oxygen atoms in total. The molecular weight excluding hydrogens is 204 g/mol. The van der Waals surface area contributed by atoms with Crippen LogP contribution in [-0.2, 0) is 4.79 Å². The highest BCUT2D eigenvalue weighted by atomic mass is 16.3. The smallest absolute Gasteiger partial charge is 0.247 e. The molecular formula is C12H22N2O2. The fourth-order valence-corrected chi connectivity index (χ4v) is 1.62.